The van der Waals surface area contributed by atoms with Crippen LogP contribution in [0.15, 0.2) is 48.7 Å². The van der Waals surface area contributed by atoms with Gasteiger partial charge >= 0.3 is 12.2 Å². The van der Waals surface area contributed by atoms with E-state index in [-0.39, 0.29) is 23.6 Å². The number of nitrogens with one attached hydrogen (secondary N) is 4. The normalized spacial score (nSPS) is 14.4. The van der Waals surface area contributed by atoms with E-state index in [9.17, 15) is 18.0 Å². The highest BCUT2D eigenvalue weighted by Crippen LogP contribution is 2.34. The summed E-state index contributed by atoms with van der Waals surface area (Å²) in [7, 11) is 5.12. The third kappa shape index (κ3) is 6.92. The minimum atomic E-state index is -4.55. The number of aromatic nitrogens is 4. The summed E-state index contributed by atoms with van der Waals surface area (Å²) < 4.78 is 42.4. The van der Waals surface area contributed by atoms with E-state index in [0.717, 1.165) is 54.2 Å². The Labute approximate surface area is 235 Å². The molecule has 0 aliphatic carbocycles. The second kappa shape index (κ2) is 11.7. The van der Waals surface area contributed by atoms with Gasteiger partial charge in [-0.25, -0.2) is 14.8 Å². The molecule has 5 rings (SSSR count). The lowest BCUT2D eigenvalue weighted by Crippen LogP contribution is -2.35. The topological polar surface area (TPSA) is 112 Å². The molecule has 1 aliphatic heterocycles. The average molecular weight is 568 g/mol. The molecule has 4 aromatic rings. The highest BCUT2D eigenvalue weighted by molar-refractivity contribution is 5.99. The molecule has 4 N–H and O–H groups in total. The van der Waals surface area contributed by atoms with E-state index in [1.165, 1.54) is 12.1 Å². The van der Waals surface area contributed by atoms with Crippen molar-refractivity contribution in [3.05, 3.63) is 59.8 Å². The van der Waals surface area contributed by atoms with Gasteiger partial charge in [-0.05, 0) is 69.9 Å². The van der Waals surface area contributed by atoms with Gasteiger partial charge in [-0.3, -0.25) is 10.00 Å². The first-order valence-electron chi connectivity index (χ1n) is 13.3. The number of urea groups is 1. The van der Waals surface area contributed by atoms with Gasteiger partial charge in [0.25, 0.3) is 0 Å². The maximum Gasteiger partial charge on any atom is 0.416 e. The van der Waals surface area contributed by atoms with E-state index in [0.29, 0.717) is 12.0 Å². The molecule has 0 unspecified atom stereocenters. The lowest BCUT2D eigenvalue weighted by Gasteiger charge is -2.23. The van der Waals surface area contributed by atoms with E-state index in [1.54, 1.807) is 43.0 Å². The molecule has 1 fully saturated rings. The summed E-state index contributed by atoms with van der Waals surface area (Å²) in [5.41, 5.74) is 1.73. The summed E-state index contributed by atoms with van der Waals surface area (Å²) in [5, 5.41) is 17.0. The second-order valence-corrected chi connectivity index (χ2v) is 10.4. The molecule has 0 radical (unpaired) electrons. The molecule has 0 bridgehead atoms. The van der Waals surface area contributed by atoms with Crippen molar-refractivity contribution in [3.63, 3.8) is 0 Å². The molecule has 41 heavy (non-hydrogen) atoms. The molecule has 1 saturated heterocycles. The molecule has 0 atom stereocenters. The van der Waals surface area contributed by atoms with Crippen LogP contribution in [0.4, 0.5) is 35.4 Å². The second-order valence-electron chi connectivity index (χ2n) is 10.4. The highest BCUT2D eigenvalue weighted by atomic mass is 19.4. The van der Waals surface area contributed by atoms with Crippen molar-refractivity contribution in [2.24, 2.45) is 7.05 Å². The molecule has 13 heteroatoms. The number of carbonyl (C=O) groups excluding carboxylic acids is 1. The van der Waals surface area contributed by atoms with Crippen LogP contribution in [0, 0.1) is 0 Å². The number of benzene rings is 2. The van der Waals surface area contributed by atoms with Crippen molar-refractivity contribution in [3.8, 4) is 11.3 Å². The quantitative estimate of drug-likeness (QED) is 0.251. The molecule has 3 heterocycles. The molecule has 10 nitrogen and oxygen atoms in total. The predicted molar refractivity (Wildman–Crippen MR) is 153 cm³/mol. The van der Waals surface area contributed by atoms with Crippen LogP contribution in [0.3, 0.4) is 0 Å². The van der Waals surface area contributed by atoms with Crippen LogP contribution in [0.5, 0.6) is 0 Å². The highest BCUT2D eigenvalue weighted by Gasteiger charge is 2.33. The van der Waals surface area contributed by atoms with Gasteiger partial charge in [0.15, 0.2) is 5.82 Å². The van der Waals surface area contributed by atoms with E-state index in [1.807, 2.05) is 18.2 Å². The number of anilines is 3. The number of nitrogens with zero attached hydrogens (tertiary/aromatic N) is 5. The van der Waals surface area contributed by atoms with Crippen molar-refractivity contribution < 1.29 is 18.0 Å². The van der Waals surface area contributed by atoms with E-state index in [4.69, 9.17) is 0 Å². The third-order valence-electron chi connectivity index (χ3n) is 6.83. The van der Waals surface area contributed by atoms with Gasteiger partial charge in [-0.15, -0.1) is 0 Å². The first-order valence-corrected chi connectivity index (χ1v) is 13.3. The minimum Gasteiger partial charge on any atom is -0.351 e. The average Bonchev–Trinajstić information content (AvgIpc) is 3.28. The Morgan fingerprint density at radius 2 is 1.88 bits per heavy atom. The summed E-state index contributed by atoms with van der Waals surface area (Å²) in [4.78, 5) is 23.4. The van der Waals surface area contributed by atoms with Crippen LogP contribution in [-0.2, 0) is 19.8 Å². The summed E-state index contributed by atoms with van der Waals surface area (Å²) >= 11 is 0. The Hall–Kier alpha value is -4.23. The fourth-order valence-electron chi connectivity index (χ4n) is 4.88. The van der Waals surface area contributed by atoms with E-state index >= 15 is 0 Å². The summed E-state index contributed by atoms with van der Waals surface area (Å²) in [6.45, 7) is 2.07. The molecular weight excluding hydrogens is 535 g/mol. The van der Waals surface area contributed by atoms with Crippen molar-refractivity contribution in [2.75, 3.05) is 43.1 Å². The Morgan fingerprint density at radius 1 is 1.10 bits per heavy atom. The number of amides is 2. The van der Waals surface area contributed by atoms with Gasteiger partial charge < -0.3 is 20.9 Å². The number of rotatable bonds is 7. The molecule has 2 amide bonds. The first-order chi connectivity index (χ1) is 19.5. The third-order valence-corrected chi connectivity index (χ3v) is 6.83. The van der Waals surface area contributed by atoms with Gasteiger partial charge in [0.05, 0.1) is 16.8 Å². The van der Waals surface area contributed by atoms with E-state index in [2.05, 4.69) is 36.3 Å². The van der Waals surface area contributed by atoms with Gasteiger partial charge in [0, 0.05) is 48.5 Å². The Kier molecular flexibility index (Phi) is 8.08. The summed E-state index contributed by atoms with van der Waals surface area (Å²) in [5.74, 6) is 0.850. The summed E-state index contributed by atoms with van der Waals surface area (Å²) in [6, 6.07) is 10.9. The fourth-order valence-corrected chi connectivity index (χ4v) is 4.88. The number of alkyl halides is 3. The maximum absolute atomic E-state index is 13.6. The number of hydrogen-bond donors (Lipinski definition) is 4. The van der Waals surface area contributed by atoms with Crippen LogP contribution in [0.1, 0.15) is 24.0 Å². The smallest absolute Gasteiger partial charge is 0.351 e. The molecule has 0 saturated carbocycles. The van der Waals surface area contributed by atoms with Crippen molar-refractivity contribution >= 4 is 34.4 Å². The largest absolute Gasteiger partial charge is 0.416 e. The fraction of sp³-hybridized carbons (Fsp3) is 0.357. The van der Waals surface area contributed by atoms with E-state index < -0.39 is 17.8 Å². The number of aryl methyl sites for hydroxylation is 1. The zero-order chi connectivity index (χ0) is 29.1. The van der Waals surface area contributed by atoms with Crippen LogP contribution < -0.4 is 21.3 Å². The zero-order valence-electron chi connectivity index (χ0n) is 23.0. The number of carbonyl (C=O) groups is 1. The molecule has 2 aromatic carbocycles. The van der Waals surface area contributed by atoms with Gasteiger partial charge in [0.2, 0.25) is 5.95 Å². The molecule has 2 aromatic heterocycles. The Morgan fingerprint density at radius 3 is 2.61 bits per heavy atom. The number of piperidine rings is 1. The molecule has 0 spiro atoms. The number of halogens is 3. The predicted octanol–water partition coefficient (Wildman–Crippen LogP) is 4.92. The Balaban J connectivity index is 1.28. The SMILES string of the molecule is CN(C)Cc1ccc(NC(=O)Nc2cc(-c3ccc4nc(NC5CCNCC5)ncc4c3)n(C)n2)cc1C(F)(F)F. The lowest BCUT2D eigenvalue weighted by molar-refractivity contribution is -0.138. The first kappa shape index (κ1) is 28.3. The monoisotopic (exact) mass is 567 g/mol. The van der Waals surface area contributed by atoms with Crippen LogP contribution >= 0.6 is 0 Å². The van der Waals surface area contributed by atoms with Gasteiger partial charge in [0.1, 0.15) is 0 Å². The standard InChI is InChI=1S/C28H32F3N9O/c1-39(2)16-18-4-6-21(13-22(18)28(29,30)31)35-27(41)37-25-14-24(40(3)38-25)17-5-7-23-19(12-17)15-33-26(36-23)34-20-8-10-32-11-9-20/h4-7,12-15,20,32H,8-11,16H2,1-3H3,(H,33,34,36)(H2,35,37,38,41). The number of hydrogen-bond acceptors (Lipinski definition) is 7. The van der Waals surface area contributed by atoms with Crippen molar-refractivity contribution in [1.29, 1.82) is 0 Å². The molecule has 216 valence electrons. The van der Waals surface area contributed by atoms with Crippen LogP contribution in [0.25, 0.3) is 22.2 Å². The number of fused-ring (bicyclic) bond motifs is 1. The molecular formula is C28H32F3N9O. The lowest BCUT2D eigenvalue weighted by atomic mass is 10.1. The van der Waals surface area contributed by atoms with Crippen LogP contribution in [-0.4, -0.2) is 63.9 Å². The van der Waals surface area contributed by atoms with Crippen molar-refractivity contribution in [2.45, 2.75) is 31.6 Å². The van der Waals surface area contributed by atoms with Gasteiger partial charge in [-0.2, -0.15) is 18.3 Å². The van der Waals surface area contributed by atoms with Crippen molar-refractivity contribution in [1.82, 2.24) is 30.0 Å². The van der Waals surface area contributed by atoms with Gasteiger partial charge in [-0.1, -0.05) is 12.1 Å². The maximum atomic E-state index is 13.6. The minimum absolute atomic E-state index is 0.0250. The molecule has 1 aliphatic rings. The summed E-state index contributed by atoms with van der Waals surface area (Å²) in [6.07, 6.45) is -0.734. The van der Waals surface area contributed by atoms with Crippen LogP contribution in [0.2, 0.25) is 0 Å². The zero-order valence-corrected chi connectivity index (χ0v) is 23.0. The Bertz CT molecular complexity index is 1540.